The number of rotatable bonds is 1. The van der Waals surface area contributed by atoms with E-state index < -0.39 is 0 Å². The summed E-state index contributed by atoms with van der Waals surface area (Å²) in [6.45, 7) is 0. The molecule has 4 N–H and O–H groups in total. The van der Waals surface area contributed by atoms with Crippen LogP contribution in [0.2, 0.25) is 0 Å². The van der Waals surface area contributed by atoms with E-state index in [0.29, 0.717) is 0 Å². The van der Waals surface area contributed by atoms with Gasteiger partial charge in [0.05, 0.1) is 0 Å². The number of anilines is 2. The number of aryl methyl sites for hydroxylation is 2. The fraction of sp³-hybridized carbons (Fsp3) is 0.133. The molecule has 1 heterocycles. The molecule has 2 aromatic carbocycles. The van der Waals surface area contributed by atoms with Crippen LogP contribution in [-0.2, 0) is 12.8 Å². The summed E-state index contributed by atoms with van der Waals surface area (Å²) in [5.74, 6) is 0.108. The Kier molecular flexibility index (Phi) is 2.52. The van der Waals surface area contributed by atoms with Crippen LogP contribution >= 0.6 is 0 Å². The van der Waals surface area contributed by atoms with Gasteiger partial charge in [0.2, 0.25) is 0 Å². The number of fused-ring (bicyclic) bond motifs is 2. The van der Waals surface area contributed by atoms with Crippen molar-refractivity contribution in [1.82, 2.24) is 0 Å². The molecule has 0 bridgehead atoms. The molecule has 0 spiro atoms. The van der Waals surface area contributed by atoms with Crippen LogP contribution < -0.4 is 11.1 Å². The minimum Gasteiger partial charge on any atom is -0.384 e. The molecule has 0 aromatic heterocycles. The first kappa shape index (κ1) is 10.8. The van der Waals surface area contributed by atoms with Crippen LogP contribution in [0.3, 0.4) is 0 Å². The minimum atomic E-state index is 0.108. The third-order valence-electron chi connectivity index (χ3n) is 3.37. The average Bonchev–Trinajstić information content (AvgIpc) is 2.56. The predicted molar refractivity (Wildman–Crippen MR) is 74.6 cm³/mol. The summed E-state index contributed by atoms with van der Waals surface area (Å²) in [6, 6.07) is 14.3. The highest BCUT2D eigenvalue weighted by Crippen LogP contribution is 2.30. The highest BCUT2D eigenvalue weighted by Gasteiger charge is 2.12. The van der Waals surface area contributed by atoms with Crippen LogP contribution in [0.25, 0.3) is 0 Å². The maximum Gasteiger partial charge on any atom is 0.122 e. The van der Waals surface area contributed by atoms with E-state index in [-0.39, 0.29) is 5.84 Å². The highest BCUT2D eigenvalue weighted by atomic mass is 14.9. The van der Waals surface area contributed by atoms with Gasteiger partial charge in [0.25, 0.3) is 0 Å². The summed E-state index contributed by atoms with van der Waals surface area (Å²) < 4.78 is 0. The summed E-state index contributed by atoms with van der Waals surface area (Å²) in [6.07, 6.45) is 2.05. The lowest BCUT2D eigenvalue weighted by atomic mass is 10.0. The molecule has 0 radical (unpaired) electrons. The molecule has 0 unspecified atom stereocenters. The summed E-state index contributed by atoms with van der Waals surface area (Å²) in [4.78, 5) is 0. The topological polar surface area (TPSA) is 61.9 Å². The molecule has 3 nitrogen and oxygen atoms in total. The molecule has 0 atom stereocenters. The fourth-order valence-corrected chi connectivity index (χ4v) is 2.35. The van der Waals surface area contributed by atoms with Gasteiger partial charge in [0.15, 0.2) is 0 Å². The van der Waals surface area contributed by atoms with Crippen molar-refractivity contribution in [2.45, 2.75) is 12.8 Å². The fourth-order valence-electron chi connectivity index (χ4n) is 2.35. The number of hydrogen-bond donors (Lipinski definition) is 3. The molecule has 1 aliphatic rings. The van der Waals surface area contributed by atoms with E-state index in [1.165, 1.54) is 11.1 Å². The lowest BCUT2D eigenvalue weighted by Crippen LogP contribution is -2.11. The first-order valence-corrected chi connectivity index (χ1v) is 6.06. The quantitative estimate of drug-likeness (QED) is 0.527. The Morgan fingerprint density at radius 1 is 1.00 bits per heavy atom. The van der Waals surface area contributed by atoms with E-state index in [1.807, 2.05) is 18.2 Å². The monoisotopic (exact) mass is 237 g/mol. The van der Waals surface area contributed by atoms with Gasteiger partial charge in [-0.05, 0) is 36.1 Å². The number of nitrogen functional groups attached to an aromatic ring is 1. The van der Waals surface area contributed by atoms with Crippen LogP contribution in [-0.4, -0.2) is 5.84 Å². The number of nitrogens with one attached hydrogen (secondary N) is 2. The zero-order chi connectivity index (χ0) is 12.5. The molecular weight excluding hydrogens is 222 g/mol. The zero-order valence-corrected chi connectivity index (χ0v) is 10.0. The van der Waals surface area contributed by atoms with Crippen LogP contribution in [0.15, 0.2) is 42.5 Å². The van der Waals surface area contributed by atoms with Gasteiger partial charge in [-0.1, -0.05) is 30.3 Å². The van der Waals surface area contributed by atoms with Gasteiger partial charge in [-0.2, -0.15) is 0 Å². The largest absolute Gasteiger partial charge is 0.384 e. The summed E-state index contributed by atoms with van der Waals surface area (Å²) in [5, 5.41) is 10.9. The summed E-state index contributed by atoms with van der Waals surface area (Å²) in [5.41, 5.74) is 11.1. The average molecular weight is 237 g/mol. The third kappa shape index (κ3) is 1.84. The third-order valence-corrected chi connectivity index (χ3v) is 3.37. The molecule has 3 rings (SSSR count). The van der Waals surface area contributed by atoms with E-state index in [0.717, 1.165) is 29.8 Å². The van der Waals surface area contributed by atoms with Crippen molar-refractivity contribution in [3.8, 4) is 0 Å². The molecule has 3 heteroatoms. The van der Waals surface area contributed by atoms with Crippen molar-refractivity contribution < 1.29 is 0 Å². The van der Waals surface area contributed by atoms with Gasteiger partial charge in [0.1, 0.15) is 5.84 Å². The molecule has 90 valence electrons. The van der Waals surface area contributed by atoms with Crippen molar-refractivity contribution in [3.05, 3.63) is 59.2 Å². The Bertz CT molecular complexity index is 617. The van der Waals surface area contributed by atoms with E-state index in [1.54, 1.807) is 0 Å². The van der Waals surface area contributed by atoms with Gasteiger partial charge >= 0.3 is 0 Å². The molecule has 0 aliphatic carbocycles. The van der Waals surface area contributed by atoms with Gasteiger partial charge in [-0.25, -0.2) is 0 Å². The lowest BCUT2D eigenvalue weighted by Gasteiger charge is -2.11. The molecule has 0 saturated carbocycles. The van der Waals surface area contributed by atoms with E-state index in [2.05, 4.69) is 29.6 Å². The maximum atomic E-state index is 7.50. The van der Waals surface area contributed by atoms with E-state index >= 15 is 0 Å². The van der Waals surface area contributed by atoms with Crippen molar-refractivity contribution in [2.24, 2.45) is 5.73 Å². The van der Waals surface area contributed by atoms with E-state index in [9.17, 15) is 0 Å². The highest BCUT2D eigenvalue weighted by molar-refractivity contribution is 5.96. The van der Waals surface area contributed by atoms with Crippen molar-refractivity contribution in [3.63, 3.8) is 0 Å². The molecular formula is C15H15N3. The minimum absolute atomic E-state index is 0.108. The van der Waals surface area contributed by atoms with Crippen molar-refractivity contribution >= 4 is 17.2 Å². The van der Waals surface area contributed by atoms with E-state index in [4.69, 9.17) is 11.1 Å². The van der Waals surface area contributed by atoms with Crippen LogP contribution in [0.4, 0.5) is 11.4 Å². The molecule has 0 saturated heterocycles. The zero-order valence-electron chi connectivity index (χ0n) is 10.0. The lowest BCUT2D eigenvalue weighted by molar-refractivity contribution is 0.977. The van der Waals surface area contributed by atoms with Crippen molar-refractivity contribution in [1.29, 1.82) is 5.41 Å². The Morgan fingerprint density at radius 3 is 2.50 bits per heavy atom. The number of para-hydroxylation sites is 1. The summed E-state index contributed by atoms with van der Waals surface area (Å²) >= 11 is 0. The maximum absolute atomic E-state index is 7.50. The molecule has 1 aliphatic heterocycles. The smallest absolute Gasteiger partial charge is 0.122 e. The van der Waals surface area contributed by atoms with Crippen LogP contribution in [0.1, 0.15) is 16.7 Å². The van der Waals surface area contributed by atoms with Crippen molar-refractivity contribution in [2.75, 3.05) is 5.32 Å². The first-order valence-electron chi connectivity index (χ1n) is 6.06. The standard InChI is InChI=1S/C15H15N3/c16-15(17)12-8-7-11-6-5-10-3-1-2-4-13(10)18-14(11)9-12/h1-4,7-9,18H,5-6H2,(H3,16,17). The molecule has 2 aromatic rings. The number of benzene rings is 2. The second-order valence-electron chi connectivity index (χ2n) is 4.57. The normalized spacial score (nSPS) is 12.9. The van der Waals surface area contributed by atoms with Crippen LogP contribution in [0, 0.1) is 5.41 Å². The number of amidine groups is 1. The molecule has 0 fully saturated rings. The van der Waals surface area contributed by atoms with Gasteiger partial charge < -0.3 is 11.1 Å². The van der Waals surface area contributed by atoms with Gasteiger partial charge in [-0.3, -0.25) is 5.41 Å². The Morgan fingerprint density at radius 2 is 1.72 bits per heavy atom. The first-order chi connectivity index (χ1) is 8.74. The number of nitrogens with two attached hydrogens (primary N) is 1. The Labute approximate surface area is 106 Å². The second-order valence-corrected chi connectivity index (χ2v) is 4.57. The summed E-state index contributed by atoms with van der Waals surface area (Å²) in [7, 11) is 0. The Hall–Kier alpha value is -2.29. The number of hydrogen-bond acceptors (Lipinski definition) is 2. The Balaban J connectivity index is 2.07. The van der Waals surface area contributed by atoms with Gasteiger partial charge in [-0.15, -0.1) is 0 Å². The molecule has 18 heavy (non-hydrogen) atoms. The van der Waals surface area contributed by atoms with Gasteiger partial charge in [0, 0.05) is 16.9 Å². The predicted octanol–water partition coefficient (Wildman–Crippen LogP) is 2.81. The van der Waals surface area contributed by atoms with Crippen LogP contribution in [0.5, 0.6) is 0 Å². The second kappa shape index (κ2) is 4.18. The molecule has 0 amide bonds. The SMILES string of the molecule is N=C(N)c1ccc2c(c1)Nc1ccccc1CC2.